The van der Waals surface area contributed by atoms with Gasteiger partial charge in [-0.3, -0.25) is 29.6 Å². The molecule has 1 amide bonds. The normalized spacial score (nSPS) is 14.1. The van der Waals surface area contributed by atoms with E-state index in [1.165, 1.54) is 12.1 Å². The van der Waals surface area contributed by atoms with Crippen molar-refractivity contribution in [1.29, 1.82) is 0 Å². The number of carbonyl (C=O) groups is 1. The molecule has 154 valence electrons. The number of non-ortho nitro benzene ring substituents is 1. The fraction of sp³-hybridized carbons (Fsp3) is 0.250. The van der Waals surface area contributed by atoms with E-state index in [-0.39, 0.29) is 28.9 Å². The van der Waals surface area contributed by atoms with Gasteiger partial charge in [0.1, 0.15) is 6.54 Å². The van der Waals surface area contributed by atoms with Crippen molar-refractivity contribution in [2.45, 2.75) is 6.54 Å². The van der Waals surface area contributed by atoms with Crippen LogP contribution in [0, 0.1) is 10.1 Å². The summed E-state index contributed by atoms with van der Waals surface area (Å²) in [6.45, 7) is 1.59. The van der Waals surface area contributed by atoms with Crippen molar-refractivity contribution in [2.75, 3.05) is 31.1 Å². The first-order valence-corrected chi connectivity index (χ1v) is 9.43. The van der Waals surface area contributed by atoms with Crippen LogP contribution in [0.15, 0.2) is 58.1 Å². The zero-order valence-electron chi connectivity index (χ0n) is 16.0. The molecular formula is C20H19N5O5. The Morgan fingerprint density at radius 1 is 1.00 bits per heavy atom. The number of anilines is 1. The molecule has 1 N–H and O–H groups in total. The smallest absolute Gasteiger partial charge is 0.273 e. The molecule has 1 aliphatic rings. The maximum atomic E-state index is 12.7. The van der Waals surface area contributed by atoms with Gasteiger partial charge in [0.05, 0.1) is 15.7 Å². The minimum atomic E-state index is -0.439. The first-order valence-electron chi connectivity index (χ1n) is 9.43. The van der Waals surface area contributed by atoms with E-state index in [4.69, 9.17) is 0 Å². The molecule has 2 aromatic carbocycles. The molecule has 30 heavy (non-hydrogen) atoms. The predicted octanol–water partition coefficient (Wildman–Crippen LogP) is 0.947. The van der Waals surface area contributed by atoms with E-state index in [9.17, 15) is 24.5 Å². The summed E-state index contributed by atoms with van der Waals surface area (Å²) in [7, 11) is 0. The van der Waals surface area contributed by atoms with Crippen molar-refractivity contribution in [3.8, 4) is 0 Å². The molecule has 0 saturated carbocycles. The lowest BCUT2D eigenvalue weighted by molar-refractivity contribution is -0.384. The molecule has 10 nitrogen and oxygen atoms in total. The molecule has 0 unspecified atom stereocenters. The summed E-state index contributed by atoms with van der Waals surface area (Å²) in [6, 6.07) is 12.8. The van der Waals surface area contributed by atoms with Crippen LogP contribution in [0.1, 0.15) is 0 Å². The average Bonchev–Trinajstić information content (AvgIpc) is 2.77. The number of fused-ring (bicyclic) bond motifs is 1. The Morgan fingerprint density at radius 2 is 1.70 bits per heavy atom. The molecule has 1 fully saturated rings. The van der Waals surface area contributed by atoms with E-state index in [0.29, 0.717) is 26.2 Å². The van der Waals surface area contributed by atoms with E-state index in [1.54, 1.807) is 41.3 Å². The van der Waals surface area contributed by atoms with Crippen LogP contribution in [0.4, 0.5) is 11.4 Å². The van der Waals surface area contributed by atoms with Gasteiger partial charge in [-0.15, -0.1) is 0 Å². The quantitative estimate of drug-likeness (QED) is 0.506. The standard InChI is InChI=1S/C20H19N5O5/c26-18(13-24-20(28)17-7-2-1-6-16(17)19(27)21-24)23-10-8-22(9-11-23)14-4-3-5-15(12-14)25(29)30/h1-7,12H,8-11,13H2,(H,21,27). The van der Waals surface area contributed by atoms with Gasteiger partial charge in [0.15, 0.2) is 0 Å². The lowest BCUT2D eigenvalue weighted by Gasteiger charge is -2.36. The topological polar surface area (TPSA) is 122 Å². The van der Waals surface area contributed by atoms with Crippen LogP contribution in [0.25, 0.3) is 10.8 Å². The molecular weight excluding hydrogens is 390 g/mol. The molecule has 0 aliphatic carbocycles. The van der Waals surface area contributed by atoms with Crippen LogP contribution in [-0.4, -0.2) is 51.7 Å². The Morgan fingerprint density at radius 3 is 2.40 bits per heavy atom. The molecule has 3 aromatic rings. The number of benzene rings is 2. The van der Waals surface area contributed by atoms with Gasteiger partial charge in [-0.1, -0.05) is 18.2 Å². The number of hydrogen-bond donors (Lipinski definition) is 1. The third kappa shape index (κ3) is 3.66. The van der Waals surface area contributed by atoms with Gasteiger partial charge in [0.25, 0.3) is 16.8 Å². The highest BCUT2D eigenvalue weighted by Crippen LogP contribution is 2.22. The Balaban J connectivity index is 1.45. The molecule has 10 heteroatoms. The van der Waals surface area contributed by atoms with Gasteiger partial charge >= 0.3 is 0 Å². The number of nitro groups is 1. The van der Waals surface area contributed by atoms with Crippen molar-refractivity contribution in [3.05, 3.63) is 79.4 Å². The predicted molar refractivity (Wildman–Crippen MR) is 111 cm³/mol. The van der Waals surface area contributed by atoms with Gasteiger partial charge in [0.2, 0.25) is 5.91 Å². The number of rotatable bonds is 4. The minimum absolute atomic E-state index is 0.0191. The van der Waals surface area contributed by atoms with Gasteiger partial charge in [0, 0.05) is 44.0 Å². The molecule has 0 bridgehead atoms. The van der Waals surface area contributed by atoms with E-state index in [0.717, 1.165) is 10.4 Å². The Labute approximate surface area is 170 Å². The van der Waals surface area contributed by atoms with Crippen LogP contribution < -0.4 is 16.0 Å². The second-order valence-electron chi connectivity index (χ2n) is 7.02. The zero-order valence-corrected chi connectivity index (χ0v) is 16.0. The minimum Gasteiger partial charge on any atom is -0.368 e. The maximum Gasteiger partial charge on any atom is 0.273 e. The van der Waals surface area contributed by atoms with Gasteiger partial charge in [-0.25, -0.2) is 4.68 Å². The van der Waals surface area contributed by atoms with Crippen molar-refractivity contribution in [1.82, 2.24) is 14.7 Å². The highest BCUT2D eigenvalue weighted by atomic mass is 16.6. The van der Waals surface area contributed by atoms with Gasteiger partial charge in [-0.05, 0) is 18.2 Å². The molecule has 1 saturated heterocycles. The summed E-state index contributed by atoms with van der Waals surface area (Å²) in [5, 5.41) is 14.0. The summed E-state index contributed by atoms with van der Waals surface area (Å²) in [4.78, 5) is 51.6. The van der Waals surface area contributed by atoms with Crippen LogP contribution in [-0.2, 0) is 11.3 Å². The molecule has 4 rings (SSSR count). The molecule has 2 heterocycles. The third-order valence-electron chi connectivity index (χ3n) is 5.22. The van der Waals surface area contributed by atoms with E-state index < -0.39 is 16.0 Å². The zero-order chi connectivity index (χ0) is 21.3. The molecule has 0 atom stereocenters. The van der Waals surface area contributed by atoms with Crippen LogP contribution in [0.2, 0.25) is 0 Å². The van der Waals surface area contributed by atoms with E-state index in [2.05, 4.69) is 5.10 Å². The van der Waals surface area contributed by atoms with Crippen molar-refractivity contribution in [3.63, 3.8) is 0 Å². The number of nitro benzene ring substituents is 1. The lowest BCUT2D eigenvalue weighted by Crippen LogP contribution is -2.50. The van der Waals surface area contributed by atoms with Gasteiger partial charge in [-0.2, -0.15) is 0 Å². The summed E-state index contributed by atoms with van der Waals surface area (Å²) in [5.41, 5.74) is -0.0979. The highest BCUT2D eigenvalue weighted by Gasteiger charge is 2.23. The number of aromatic nitrogens is 2. The van der Waals surface area contributed by atoms with Crippen LogP contribution in [0.3, 0.4) is 0 Å². The number of piperazine rings is 1. The van der Waals surface area contributed by atoms with Crippen molar-refractivity contribution in [2.24, 2.45) is 0 Å². The molecule has 1 aromatic heterocycles. The van der Waals surface area contributed by atoms with E-state index in [1.807, 2.05) is 4.90 Å². The number of hydrogen-bond acceptors (Lipinski definition) is 6. The monoisotopic (exact) mass is 409 g/mol. The SMILES string of the molecule is O=C(Cn1[nH]c(=O)c2ccccc2c1=O)N1CCN(c2cccc([N+](=O)[O-])c2)CC1. The second-order valence-corrected chi connectivity index (χ2v) is 7.02. The third-order valence-corrected chi connectivity index (χ3v) is 5.22. The number of H-pyrrole nitrogens is 1. The Kier molecular flexibility index (Phi) is 5.05. The summed E-state index contributed by atoms with van der Waals surface area (Å²) < 4.78 is 1.04. The number of nitrogens with one attached hydrogen (secondary N) is 1. The van der Waals surface area contributed by atoms with Crippen LogP contribution in [0.5, 0.6) is 0 Å². The summed E-state index contributed by atoms with van der Waals surface area (Å²) >= 11 is 0. The lowest BCUT2D eigenvalue weighted by atomic mass is 10.2. The summed E-state index contributed by atoms with van der Waals surface area (Å²) in [5.74, 6) is -0.276. The first kappa shape index (κ1) is 19.4. The Hall–Kier alpha value is -3.95. The number of nitrogens with zero attached hydrogens (tertiary/aromatic N) is 4. The summed E-state index contributed by atoms with van der Waals surface area (Å²) in [6.07, 6.45) is 0. The maximum absolute atomic E-state index is 12.7. The average molecular weight is 409 g/mol. The fourth-order valence-electron chi connectivity index (χ4n) is 3.61. The largest absolute Gasteiger partial charge is 0.368 e. The molecule has 0 spiro atoms. The van der Waals surface area contributed by atoms with Crippen LogP contribution >= 0.6 is 0 Å². The number of aromatic amines is 1. The molecule has 0 radical (unpaired) electrons. The number of carbonyl (C=O) groups excluding carboxylic acids is 1. The van der Waals surface area contributed by atoms with Gasteiger partial charge < -0.3 is 9.80 Å². The first-order chi connectivity index (χ1) is 14.4. The van der Waals surface area contributed by atoms with E-state index >= 15 is 0 Å². The fourth-order valence-corrected chi connectivity index (χ4v) is 3.61. The molecule has 1 aliphatic heterocycles. The van der Waals surface area contributed by atoms with Crippen molar-refractivity contribution >= 4 is 28.1 Å². The number of amides is 1. The Bertz CT molecular complexity index is 1240. The second kappa shape index (κ2) is 7.82. The van der Waals surface area contributed by atoms with Crippen molar-refractivity contribution < 1.29 is 9.72 Å². The highest BCUT2D eigenvalue weighted by molar-refractivity contribution is 5.81.